The first kappa shape index (κ1) is 22.1. The molecule has 0 amide bonds. The van der Waals surface area contributed by atoms with Gasteiger partial charge in [0, 0.05) is 16.5 Å². The van der Waals surface area contributed by atoms with Gasteiger partial charge in [-0.15, -0.1) is 0 Å². The molecule has 4 aromatic rings. The van der Waals surface area contributed by atoms with Gasteiger partial charge in [0.25, 0.3) is 0 Å². The van der Waals surface area contributed by atoms with Gasteiger partial charge in [0.1, 0.15) is 5.75 Å². The summed E-state index contributed by atoms with van der Waals surface area (Å²) in [5.74, 6) is 0.892. The van der Waals surface area contributed by atoms with Gasteiger partial charge in [-0.1, -0.05) is 62.3 Å². The van der Waals surface area contributed by atoms with E-state index in [1.165, 1.54) is 32.1 Å². The molecule has 3 heteroatoms. The lowest BCUT2D eigenvalue weighted by atomic mass is 10.0. The van der Waals surface area contributed by atoms with Crippen LogP contribution in [-0.2, 0) is 0 Å². The maximum absolute atomic E-state index is 13.2. The Hall–Kier alpha value is -3.07. The molecule has 0 atom stereocenters. The molecule has 3 nitrogen and oxygen atoms in total. The molecule has 0 N–H and O–H groups in total. The van der Waals surface area contributed by atoms with Crippen molar-refractivity contribution in [3.05, 3.63) is 82.0 Å². The van der Waals surface area contributed by atoms with Crippen LogP contribution in [0, 0.1) is 13.8 Å². The highest BCUT2D eigenvalue weighted by molar-refractivity contribution is 5.95. The molecule has 1 heterocycles. The van der Waals surface area contributed by atoms with Gasteiger partial charge in [0.05, 0.1) is 17.6 Å². The van der Waals surface area contributed by atoms with Crippen molar-refractivity contribution in [3.63, 3.8) is 0 Å². The molecule has 0 aliphatic heterocycles. The molecule has 0 fully saturated rings. The number of pyridine rings is 1. The zero-order valence-corrected chi connectivity index (χ0v) is 19.5. The van der Waals surface area contributed by atoms with E-state index in [9.17, 15) is 4.79 Å². The minimum Gasteiger partial charge on any atom is -0.494 e. The molecular formula is C29H33NO2. The molecule has 0 saturated heterocycles. The van der Waals surface area contributed by atoms with E-state index in [1.54, 1.807) is 0 Å². The van der Waals surface area contributed by atoms with Crippen molar-refractivity contribution in [1.82, 2.24) is 4.57 Å². The van der Waals surface area contributed by atoms with Crippen molar-refractivity contribution in [1.29, 1.82) is 0 Å². The lowest BCUT2D eigenvalue weighted by Gasteiger charge is -2.17. The molecule has 0 saturated carbocycles. The molecule has 0 spiro atoms. The Kier molecular flexibility index (Phi) is 6.94. The van der Waals surface area contributed by atoms with E-state index in [4.69, 9.17) is 4.74 Å². The van der Waals surface area contributed by atoms with E-state index >= 15 is 0 Å². The van der Waals surface area contributed by atoms with Crippen LogP contribution in [0.25, 0.3) is 27.5 Å². The van der Waals surface area contributed by atoms with Gasteiger partial charge in [-0.05, 0) is 68.8 Å². The van der Waals surface area contributed by atoms with Crippen LogP contribution in [-0.4, -0.2) is 11.2 Å². The van der Waals surface area contributed by atoms with Crippen molar-refractivity contribution in [2.24, 2.45) is 0 Å². The van der Waals surface area contributed by atoms with Crippen LogP contribution in [0.1, 0.15) is 56.6 Å². The predicted octanol–water partition coefficient (Wildman–Crippen LogP) is 7.50. The number of nitrogens with zero attached hydrogens (tertiary/aromatic N) is 1. The van der Waals surface area contributed by atoms with Crippen LogP contribution in [0.3, 0.4) is 0 Å². The predicted molar refractivity (Wildman–Crippen MR) is 135 cm³/mol. The van der Waals surface area contributed by atoms with Crippen LogP contribution in [0.5, 0.6) is 5.75 Å². The summed E-state index contributed by atoms with van der Waals surface area (Å²) in [5.41, 5.74) is 5.16. The second kappa shape index (κ2) is 10.0. The van der Waals surface area contributed by atoms with Gasteiger partial charge in [0.15, 0.2) is 5.43 Å². The van der Waals surface area contributed by atoms with Gasteiger partial charge in [-0.3, -0.25) is 4.79 Å². The van der Waals surface area contributed by atoms with Crippen molar-refractivity contribution in [2.45, 2.75) is 59.3 Å². The third-order valence-corrected chi connectivity index (χ3v) is 6.14. The Bertz CT molecular complexity index is 1200. The maximum Gasteiger partial charge on any atom is 0.197 e. The Morgan fingerprint density at radius 1 is 0.719 bits per heavy atom. The molecule has 0 aliphatic rings. The number of fused-ring (bicyclic) bond motifs is 2. The summed E-state index contributed by atoms with van der Waals surface area (Å²) >= 11 is 0. The first-order valence-electron chi connectivity index (χ1n) is 11.9. The van der Waals surface area contributed by atoms with Crippen molar-refractivity contribution in [2.75, 3.05) is 6.61 Å². The van der Waals surface area contributed by atoms with Crippen LogP contribution in [0.2, 0.25) is 0 Å². The Balaban J connectivity index is 1.63. The minimum absolute atomic E-state index is 0.0949. The lowest BCUT2D eigenvalue weighted by molar-refractivity contribution is 0.304. The molecule has 4 rings (SSSR count). The van der Waals surface area contributed by atoms with E-state index in [-0.39, 0.29) is 5.43 Å². The number of aromatic nitrogens is 1. The normalized spacial score (nSPS) is 11.3. The first-order chi connectivity index (χ1) is 15.6. The number of aryl methyl sites for hydroxylation is 2. The number of benzene rings is 3. The third-order valence-electron chi connectivity index (χ3n) is 6.14. The van der Waals surface area contributed by atoms with Crippen molar-refractivity contribution in [3.8, 4) is 11.4 Å². The molecular weight excluding hydrogens is 394 g/mol. The zero-order valence-electron chi connectivity index (χ0n) is 19.5. The average molecular weight is 428 g/mol. The fourth-order valence-corrected chi connectivity index (χ4v) is 4.37. The number of hydrogen-bond donors (Lipinski definition) is 0. The number of ether oxygens (including phenoxy) is 1. The van der Waals surface area contributed by atoms with Gasteiger partial charge in [-0.25, -0.2) is 0 Å². The highest BCUT2D eigenvalue weighted by Crippen LogP contribution is 2.26. The smallest absolute Gasteiger partial charge is 0.197 e. The molecule has 3 aromatic carbocycles. The highest BCUT2D eigenvalue weighted by Gasteiger charge is 2.13. The molecule has 166 valence electrons. The number of rotatable bonds is 9. The summed E-state index contributed by atoms with van der Waals surface area (Å²) in [6.45, 7) is 7.06. The van der Waals surface area contributed by atoms with Crippen molar-refractivity contribution < 1.29 is 4.74 Å². The fourth-order valence-electron chi connectivity index (χ4n) is 4.37. The monoisotopic (exact) mass is 427 g/mol. The largest absolute Gasteiger partial charge is 0.494 e. The molecule has 0 bridgehead atoms. The topological polar surface area (TPSA) is 31.2 Å². The fraction of sp³-hybridized carbons (Fsp3) is 0.345. The second-order valence-corrected chi connectivity index (χ2v) is 8.82. The molecule has 0 unspecified atom stereocenters. The summed E-state index contributed by atoms with van der Waals surface area (Å²) in [6, 6.07) is 20.4. The van der Waals surface area contributed by atoms with Crippen LogP contribution < -0.4 is 10.2 Å². The van der Waals surface area contributed by atoms with Crippen LogP contribution in [0.4, 0.5) is 0 Å². The standard InChI is InChI=1S/C29H33NO2/c1-4-5-6-7-8-9-18-32-24-14-12-23(13-15-24)30-27-16-10-21(2)19-25(27)29(31)26-20-22(3)11-17-28(26)30/h10-17,19-20H,4-9,18H2,1-3H3. The zero-order chi connectivity index (χ0) is 22.5. The summed E-state index contributed by atoms with van der Waals surface area (Å²) in [5, 5.41) is 1.51. The molecule has 32 heavy (non-hydrogen) atoms. The highest BCUT2D eigenvalue weighted by atomic mass is 16.5. The summed E-state index contributed by atoms with van der Waals surface area (Å²) in [6.07, 6.45) is 7.55. The van der Waals surface area contributed by atoms with E-state index in [2.05, 4.69) is 35.8 Å². The van der Waals surface area contributed by atoms with E-state index in [0.717, 1.165) is 57.4 Å². The average Bonchev–Trinajstić information content (AvgIpc) is 2.80. The van der Waals surface area contributed by atoms with Gasteiger partial charge >= 0.3 is 0 Å². The van der Waals surface area contributed by atoms with Crippen LogP contribution >= 0.6 is 0 Å². The third kappa shape index (κ3) is 4.72. The SMILES string of the molecule is CCCCCCCCOc1ccc(-n2c3ccc(C)cc3c(=O)c3cc(C)ccc32)cc1. The maximum atomic E-state index is 13.2. The minimum atomic E-state index is 0.0949. The van der Waals surface area contributed by atoms with Crippen LogP contribution in [0.15, 0.2) is 65.5 Å². The lowest BCUT2D eigenvalue weighted by Crippen LogP contribution is -2.11. The van der Waals surface area contributed by atoms with Gasteiger partial charge < -0.3 is 9.30 Å². The summed E-state index contributed by atoms with van der Waals surface area (Å²) in [7, 11) is 0. The summed E-state index contributed by atoms with van der Waals surface area (Å²) < 4.78 is 8.15. The van der Waals surface area contributed by atoms with E-state index < -0.39 is 0 Å². The Morgan fingerprint density at radius 2 is 1.28 bits per heavy atom. The second-order valence-electron chi connectivity index (χ2n) is 8.82. The van der Waals surface area contributed by atoms with E-state index in [1.807, 2.05) is 50.2 Å². The first-order valence-corrected chi connectivity index (χ1v) is 11.9. The van der Waals surface area contributed by atoms with Crippen molar-refractivity contribution >= 4 is 21.8 Å². The Morgan fingerprint density at radius 3 is 1.88 bits per heavy atom. The Labute approximate surface area is 190 Å². The van der Waals surface area contributed by atoms with Gasteiger partial charge in [0.2, 0.25) is 0 Å². The number of hydrogen-bond acceptors (Lipinski definition) is 2. The quantitative estimate of drug-likeness (QED) is 0.204. The molecule has 1 aromatic heterocycles. The summed E-state index contributed by atoms with van der Waals surface area (Å²) in [4.78, 5) is 13.2. The molecule has 0 radical (unpaired) electrons. The van der Waals surface area contributed by atoms with E-state index in [0.29, 0.717) is 0 Å². The number of unbranched alkanes of at least 4 members (excludes halogenated alkanes) is 5. The van der Waals surface area contributed by atoms with Gasteiger partial charge in [-0.2, -0.15) is 0 Å². The molecule has 0 aliphatic carbocycles.